The molecular formula is C32H32N2O3S. The molecule has 4 aromatic rings. The number of nitrogens with one attached hydrogen (secondary N) is 1. The maximum Gasteiger partial charge on any atom is 0.264 e. The standard InChI is InChI=1S/C32H32N2O3S/c1-24(27-21-20-26-14-8-9-15-28(26)22-27)33-32(35)30-18-10-11-19-31(30)34(23-25-12-4-2-5-13-25)38(36,37)29-16-6-3-7-17-29/h2-7,10-13,16-22,24H,8-9,14-15,23H2,1H3,(H,33,35). The Labute approximate surface area is 225 Å². The van der Waals surface area contributed by atoms with Crippen LogP contribution in [0.25, 0.3) is 0 Å². The molecule has 5 rings (SSSR count). The van der Waals surface area contributed by atoms with Crippen molar-refractivity contribution in [2.75, 3.05) is 4.31 Å². The van der Waals surface area contributed by atoms with Crippen molar-refractivity contribution in [3.05, 3.63) is 131 Å². The fourth-order valence-electron chi connectivity index (χ4n) is 5.03. The molecule has 0 bridgehead atoms. The summed E-state index contributed by atoms with van der Waals surface area (Å²) in [6, 6.07) is 30.9. The largest absolute Gasteiger partial charge is 0.345 e. The summed E-state index contributed by atoms with van der Waals surface area (Å²) in [6.45, 7) is 2.07. The van der Waals surface area contributed by atoms with Gasteiger partial charge in [-0.2, -0.15) is 0 Å². The van der Waals surface area contributed by atoms with Gasteiger partial charge in [-0.15, -0.1) is 0 Å². The van der Waals surface area contributed by atoms with E-state index in [1.54, 1.807) is 54.6 Å². The van der Waals surface area contributed by atoms with Crippen molar-refractivity contribution in [3.8, 4) is 0 Å². The van der Waals surface area contributed by atoms with Crippen molar-refractivity contribution in [1.29, 1.82) is 0 Å². The summed E-state index contributed by atoms with van der Waals surface area (Å²) in [5.74, 6) is -0.313. The summed E-state index contributed by atoms with van der Waals surface area (Å²) in [6.07, 6.45) is 4.59. The monoisotopic (exact) mass is 524 g/mol. The Morgan fingerprint density at radius 2 is 1.45 bits per heavy atom. The Hall–Kier alpha value is -3.90. The van der Waals surface area contributed by atoms with E-state index < -0.39 is 10.0 Å². The number of benzene rings is 4. The van der Waals surface area contributed by atoms with E-state index >= 15 is 0 Å². The second kappa shape index (κ2) is 11.2. The number of carbonyl (C=O) groups excluding carboxylic acids is 1. The zero-order valence-electron chi connectivity index (χ0n) is 21.5. The number of nitrogens with zero attached hydrogens (tertiary/aromatic N) is 1. The molecule has 1 atom stereocenters. The Kier molecular flexibility index (Phi) is 7.61. The van der Waals surface area contributed by atoms with E-state index in [0.717, 1.165) is 24.0 Å². The van der Waals surface area contributed by atoms with Crippen LogP contribution in [0.3, 0.4) is 0 Å². The first kappa shape index (κ1) is 25.7. The van der Waals surface area contributed by atoms with Crippen molar-refractivity contribution in [2.24, 2.45) is 0 Å². The predicted octanol–water partition coefficient (Wildman–Crippen LogP) is 6.45. The maximum absolute atomic E-state index is 13.9. The van der Waals surface area contributed by atoms with Crippen LogP contribution in [-0.2, 0) is 29.4 Å². The molecule has 0 radical (unpaired) electrons. The number of amides is 1. The zero-order chi connectivity index (χ0) is 26.5. The van der Waals surface area contributed by atoms with Crippen LogP contribution < -0.4 is 9.62 Å². The van der Waals surface area contributed by atoms with Crippen LogP contribution in [-0.4, -0.2) is 14.3 Å². The van der Waals surface area contributed by atoms with Gasteiger partial charge in [0.1, 0.15) is 0 Å². The molecule has 0 aliphatic heterocycles. The van der Waals surface area contributed by atoms with Gasteiger partial charge in [0, 0.05) is 0 Å². The fourth-order valence-corrected chi connectivity index (χ4v) is 6.52. The van der Waals surface area contributed by atoms with Gasteiger partial charge < -0.3 is 5.32 Å². The Bertz CT molecular complexity index is 1520. The van der Waals surface area contributed by atoms with Crippen LogP contribution in [0.1, 0.15) is 58.4 Å². The lowest BCUT2D eigenvalue weighted by molar-refractivity contribution is 0.0940. The van der Waals surface area contributed by atoms with E-state index in [1.165, 1.54) is 28.3 Å². The van der Waals surface area contributed by atoms with E-state index in [9.17, 15) is 13.2 Å². The summed E-state index contributed by atoms with van der Waals surface area (Å²) >= 11 is 0. The van der Waals surface area contributed by atoms with E-state index in [0.29, 0.717) is 11.3 Å². The second-order valence-electron chi connectivity index (χ2n) is 9.76. The SMILES string of the molecule is CC(NC(=O)c1ccccc1N(Cc1ccccc1)S(=O)(=O)c1ccccc1)c1ccc2c(c1)CCCC2. The van der Waals surface area contributed by atoms with Crippen LogP contribution in [0.4, 0.5) is 5.69 Å². The van der Waals surface area contributed by atoms with Crippen molar-refractivity contribution in [3.63, 3.8) is 0 Å². The first-order valence-electron chi connectivity index (χ1n) is 13.1. The number of carbonyl (C=O) groups is 1. The Morgan fingerprint density at radius 3 is 2.18 bits per heavy atom. The molecule has 38 heavy (non-hydrogen) atoms. The summed E-state index contributed by atoms with van der Waals surface area (Å²) in [5.41, 5.74) is 5.28. The molecule has 0 spiro atoms. The van der Waals surface area contributed by atoms with Crippen molar-refractivity contribution >= 4 is 21.6 Å². The lowest BCUT2D eigenvalue weighted by atomic mass is 9.89. The molecule has 0 heterocycles. The van der Waals surface area contributed by atoms with Gasteiger partial charge in [0.2, 0.25) is 0 Å². The minimum atomic E-state index is -3.95. The number of para-hydroxylation sites is 1. The van der Waals surface area contributed by atoms with Gasteiger partial charge in [0.15, 0.2) is 0 Å². The Morgan fingerprint density at radius 1 is 0.816 bits per heavy atom. The Balaban J connectivity index is 1.48. The summed E-state index contributed by atoms with van der Waals surface area (Å²) in [4.78, 5) is 13.8. The van der Waals surface area contributed by atoms with Crippen LogP contribution in [0.5, 0.6) is 0 Å². The van der Waals surface area contributed by atoms with E-state index in [4.69, 9.17) is 0 Å². The van der Waals surface area contributed by atoms with Crippen molar-refractivity contribution < 1.29 is 13.2 Å². The van der Waals surface area contributed by atoms with Gasteiger partial charge >= 0.3 is 0 Å². The number of rotatable bonds is 8. The number of aryl methyl sites for hydroxylation is 2. The molecule has 1 aliphatic carbocycles. The summed E-state index contributed by atoms with van der Waals surface area (Å²) in [5, 5.41) is 3.11. The molecule has 0 aromatic heterocycles. The molecule has 5 nitrogen and oxygen atoms in total. The number of hydrogen-bond donors (Lipinski definition) is 1. The highest BCUT2D eigenvalue weighted by Gasteiger charge is 2.29. The van der Waals surface area contributed by atoms with E-state index in [1.807, 2.05) is 37.3 Å². The third kappa shape index (κ3) is 5.50. The quantitative estimate of drug-likeness (QED) is 0.288. The minimum absolute atomic E-state index is 0.0999. The molecule has 1 amide bonds. The number of anilines is 1. The second-order valence-corrected chi connectivity index (χ2v) is 11.6. The number of sulfonamides is 1. The number of hydrogen-bond acceptors (Lipinski definition) is 3. The van der Waals surface area contributed by atoms with Gasteiger partial charge in [-0.3, -0.25) is 9.10 Å². The highest BCUT2D eigenvalue weighted by atomic mass is 32.2. The molecule has 194 valence electrons. The molecular weight excluding hydrogens is 492 g/mol. The fraction of sp³-hybridized carbons (Fsp3) is 0.219. The topological polar surface area (TPSA) is 66.5 Å². The van der Waals surface area contributed by atoms with Gasteiger partial charge in [-0.1, -0.05) is 78.9 Å². The molecule has 0 fully saturated rings. The summed E-state index contributed by atoms with van der Waals surface area (Å²) < 4.78 is 29.1. The first-order chi connectivity index (χ1) is 18.4. The zero-order valence-corrected chi connectivity index (χ0v) is 22.3. The van der Waals surface area contributed by atoms with Crippen LogP contribution in [0.15, 0.2) is 108 Å². The van der Waals surface area contributed by atoms with Crippen molar-refractivity contribution in [1.82, 2.24) is 5.32 Å². The van der Waals surface area contributed by atoms with Gasteiger partial charge in [0.05, 0.1) is 28.7 Å². The van der Waals surface area contributed by atoms with Gasteiger partial charge in [0.25, 0.3) is 15.9 Å². The molecule has 1 N–H and O–H groups in total. The predicted molar refractivity (Wildman–Crippen MR) is 152 cm³/mol. The van der Waals surface area contributed by atoms with Gasteiger partial charge in [-0.05, 0) is 79.1 Å². The highest BCUT2D eigenvalue weighted by molar-refractivity contribution is 7.92. The summed E-state index contributed by atoms with van der Waals surface area (Å²) in [7, 11) is -3.95. The lowest BCUT2D eigenvalue weighted by Crippen LogP contribution is -2.34. The van der Waals surface area contributed by atoms with Crippen LogP contribution >= 0.6 is 0 Å². The lowest BCUT2D eigenvalue weighted by Gasteiger charge is -2.27. The third-order valence-electron chi connectivity index (χ3n) is 7.14. The average molecular weight is 525 g/mol. The molecule has 4 aromatic carbocycles. The van der Waals surface area contributed by atoms with Crippen LogP contribution in [0, 0.1) is 0 Å². The number of fused-ring (bicyclic) bond motifs is 1. The smallest absolute Gasteiger partial charge is 0.264 e. The normalized spacial score (nSPS) is 13.8. The average Bonchev–Trinajstić information content (AvgIpc) is 2.96. The molecule has 1 unspecified atom stereocenters. The third-order valence-corrected chi connectivity index (χ3v) is 8.91. The first-order valence-corrected chi connectivity index (χ1v) is 14.5. The molecule has 6 heteroatoms. The molecule has 1 aliphatic rings. The van der Waals surface area contributed by atoms with Gasteiger partial charge in [-0.25, -0.2) is 8.42 Å². The molecule has 0 saturated carbocycles. The van der Waals surface area contributed by atoms with Crippen LogP contribution in [0.2, 0.25) is 0 Å². The van der Waals surface area contributed by atoms with E-state index in [-0.39, 0.29) is 23.4 Å². The maximum atomic E-state index is 13.9. The minimum Gasteiger partial charge on any atom is -0.345 e. The van der Waals surface area contributed by atoms with E-state index in [2.05, 4.69) is 23.5 Å². The highest BCUT2D eigenvalue weighted by Crippen LogP contribution is 2.30. The van der Waals surface area contributed by atoms with Crippen molar-refractivity contribution in [2.45, 2.75) is 50.1 Å². The molecule has 0 saturated heterocycles.